The Morgan fingerprint density at radius 2 is 1.89 bits per heavy atom. The van der Waals surface area contributed by atoms with Crippen molar-refractivity contribution >= 4 is 17.4 Å². The molecule has 1 amide bonds. The molecule has 0 bridgehead atoms. The van der Waals surface area contributed by atoms with E-state index in [0.717, 1.165) is 43.1 Å². The van der Waals surface area contributed by atoms with Crippen LogP contribution < -0.4 is 4.90 Å². The molecule has 3 aromatic rings. The number of nitrogens with zero attached hydrogens (tertiary/aromatic N) is 6. The molecule has 1 aliphatic carbocycles. The van der Waals surface area contributed by atoms with Crippen molar-refractivity contribution in [2.75, 3.05) is 18.0 Å². The summed E-state index contributed by atoms with van der Waals surface area (Å²) in [7, 11) is 0. The first kappa shape index (κ1) is 17.2. The minimum Gasteiger partial charge on any atom is -0.350 e. The summed E-state index contributed by atoms with van der Waals surface area (Å²) < 4.78 is 1.90. The molecule has 5 rings (SSSR count). The van der Waals surface area contributed by atoms with Gasteiger partial charge in [-0.05, 0) is 50.8 Å². The van der Waals surface area contributed by atoms with Gasteiger partial charge in [0.15, 0.2) is 0 Å². The summed E-state index contributed by atoms with van der Waals surface area (Å²) in [4.78, 5) is 30.7. The molecule has 2 aliphatic rings. The molecule has 28 heavy (non-hydrogen) atoms. The number of piperidine rings is 1. The zero-order valence-corrected chi connectivity index (χ0v) is 16.0. The van der Waals surface area contributed by atoms with Crippen LogP contribution in [0.3, 0.4) is 0 Å². The highest BCUT2D eigenvalue weighted by molar-refractivity contribution is 5.94. The lowest BCUT2D eigenvalue weighted by atomic mass is 10.0. The van der Waals surface area contributed by atoms with Gasteiger partial charge in [-0.15, -0.1) is 0 Å². The summed E-state index contributed by atoms with van der Waals surface area (Å²) in [5.74, 6) is 1.09. The predicted molar refractivity (Wildman–Crippen MR) is 106 cm³/mol. The Morgan fingerprint density at radius 1 is 1.11 bits per heavy atom. The van der Waals surface area contributed by atoms with Gasteiger partial charge in [0.05, 0.1) is 5.69 Å². The molecule has 7 heteroatoms. The van der Waals surface area contributed by atoms with Crippen LogP contribution in [0.25, 0.3) is 5.65 Å². The van der Waals surface area contributed by atoms with Crippen LogP contribution in [0.15, 0.2) is 43.0 Å². The first-order valence-corrected chi connectivity index (χ1v) is 9.99. The number of imidazole rings is 1. The number of pyridine rings is 1. The van der Waals surface area contributed by atoms with Crippen LogP contribution in [0.1, 0.15) is 41.9 Å². The van der Waals surface area contributed by atoms with Gasteiger partial charge in [-0.25, -0.2) is 15.0 Å². The molecule has 1 saturated carbocycles. The molecule has 0 aromatic carbocycles. The summed E-state index contributed by atoms with van der Waals surface area (Å²) in [6, 6.07) is 8.83. The second-order valence-electron chi connectivity index (χ2n) is 7.70. The van der Waals surface area contributed by atoms with E-state index in [1.165, 1.54) is 12.8 Å². The fourth-order valence-electron chi connectivity index (χ4n) is 4.33. The Labute approximate surface area is 164 Å². The Bertz CT molecular complexity index is 989. The van der Waals surface area contributed by atoms with Crippen molar-refractivity contribution in [1.82, 2.24) is 24.3 Å². The van der Waals surface area contributed by atoms with Gasteiger partial charge in [0.25, 0.3) is 5.91 Å². The van der Waals surface area contributed by atoms with Crippen LogP contribution in [-0.2, 0) is 0 Å². The molecule has 1 saturated heterocycles. The Hall–Kier alpha value is -2.96. The zero-order chi connectivity index (χ0) is 19.1. The minimum atomic E-state index is 0.0784. The second kappa shape index (κ2) is 6.89. The molecule has 2 fully saturated rings. The van der Waals surface area contributed by atoms with E-state index in [4.69, 9.17) is 0 Å². The van der Waals surface area contributed by atoms with Gasteiger partial charge < -0.3 is 9.80 Å². The summed E-state index contributed by atoms with van der Waals surface area (Å²) in [5, 5.41) is 0. The SMILES string of the molecule is Cc1nc2ccccn2c1C(=O)N1CCC(N(c2ccncn2)C2CC2)CC1. The highest BCUT2D eigenvalue weighted by atomic mass is 16.2. The molecule has 0 unspecified atom stereocenters. The molecule has 0 atom stereocenters. The molecule has 144 valence electrons. The van der Waals surface area contributed by atoms with Gasteiger partial charge >= 0.3 is 0 Å². The van der Waals surface area contributed by atoms with Crippen LogP contribution in [0.5, 0.6) is 0 Å². The van der Waals surface area contributed by atoms with E-state index < -0.39 is 0 Å². The quantitative estimate of drug-likeness (QED) is 0.700. The van der Waals surface area contributed by atoms with E-state index >= 15 is 0 Å². The monoisotopic (exact) mass is 376 g/mol. The van der Waals surface area contributed by atoms with Gasteiger partial charge in [0, 0.05) is 37.6 Å². The van der Waals surface area contributed by atoms with E-state index in [1.54, 1.807) is 6.33 Å². The number of aromatic nitrogens is 4. The lowest BCUT2D eigenvalue weighted by Crippen LogP contribution is -2.48. The maximum absolute atomic E-state index is 13.2. The van der Waals surface area contributed by atoms with E-state index in [0.29, 0.717) is 17.8 Å². The predicted octanol–water partition coefficient (Wildman–Crippen LogP) is 2.71. The molecular formula is C21H24N6O. The molecule has 0 radical (unpaired) electrons. The molecule has 0 spiro atoms. The van der Waals surface area contributed by atoms with Crippen molar-refractivity contribution in [2.45, 2.75) is 44.7 Å². The van der Waals surface area contributed by atoms with Crippen molar-refractivity contribution in [3.05, 3.63) is 54.4 Å². The van der Waals surface area contributed by atoms with E-state index in [2.05, 4.69) is 19.9 Å². The van der Waals surface area contributed by atoms with Crippen molar-refractivity contribution in [1.29, 1.82) is 0 Å². The number of carbonyl (C=O) groups is 1. The van der Waals surface area contributed by atoms with Gasteiger partial charge in [0.1, 0.15) is 23.5 Å². The molecule has 3 aromatic heterocycles. The number of fused-ring (bicyclic) bond motifs is 1. The lowest BCUT2D eigenvalue weighted by molar-refractivity contribution is 0.0704. The van der Waals surface area contributed by atoms with Crippen LogP contribution in [0, 0.1) is 6.92 Å². The van der Waals surface area contributed by atoms with Crippen LogP contribution in [0.4, 0.5) is 5.82 Å². The normalized spacial score (nSPS) is 17.8. The number of hydrogen-bond donors (Lipinski definition) is 0. The third-order valence-electron chi connectivity index (χ3n) is 5.82. The van der Waals surface area contributed by atoms with Crippen molar-refractivity contribution in [2.24, 2.45) is 0 Å². The fourth-order valence-corrected chi connectivity index (χ4v) is 4.33. The third-order valence-corrected chi connectivity index (χ3v) is 5.82. The number of anilines is 1. The van der Waals surface area contributed by atoms with Crippen molar-refractivity contribution in [3.63, 3.8) is 0 Å². The first-order valence-electron chi connectivity index (χ1n) is 9.99. The molecule has 1 aliphatic heterocycles. The molecule has 4 heterocycles. The fraction of sp³-hybridized carbons (Fsp3) is 0.429. The zero-order valence-electron chi connectivity index (χ0n) is 16.0. The summed E-state index contributed by atoms with van der Waals surface area (Å²) >= 11 is 0. The maximum Gasteiger partial charge on any atom is 0.272 e. The summed E-state index contributed by atoms with van der Waals surface area (Å²) in [5.41, 5.74) is 2.30. The number of rotatable bonds is 4. The number of carbonyl (C=O) groups excluding carboxylic acids is 1. The van der Waals surface area contributed by atoms with Gasteiger partial charge in [-0.3, -0.25) is 9.20 Å². The topological polar surface area (TPSA) is 66.6 Å². The third kappa shape index (κ3) is 3.00. The number of amides is 1. The number of hydrogen-bond acceptors (Lipinski definition) is 5. The Kier molecular flexibility index (Phi) is 4.22. The van der Waals surface area contributed by atoms with E-state index in [9.17, 15) is 4.79 Å². The van der Waals surface area contributed by atoms with Gasteiger partial charge in [0.2, 0.25) is 0 Å². The maximum atomic E-state index is 13.2. The highest BCUT2D eigenvalue weighted by Gasteiger charge is 2.37. The van der Waals surface area contributed by atoms with Gasteiger partial charge in [-0.2, -0.15) is 0 Å². The van der Waals surface area contributed by atoms with Crippen LogP contribution in [-0.4, -0.2) is 55.3 Å². The van der Waals surface area contributed by atoms with Gasteiger partial charge in [-0.1, -0.05) is 6.07 Å². The Morgan fingerprint density at radius 3 is 2.61 bits per heavy atom. The lowest BCUT2D eigenvalue weighted by Gasteiger charge is -2.39. The highest BCUT2D eigenvalue weighted by Crippen LogP contribution is 2.35. The van der Waals surface area contributed by atoms with E-state index in [-0.39, 0.29) is 5.91 Å². The first-order chi connectivity index (χ1) is 13.7. The molecule has 0 N–H and O–H groups in total. The molecule has 7 nitrogen and oxygen atoms in total. The van der Waals surface area contributed by atoms with Crippen LogP contribution >= 0.6 is 0 Å². The largest absolute Gasteiger partial charge is 0.350 e. The average molecular weight is 376 g/mol. The number of likely N-dealkylation sites (tertiary alicyclic amines) is 1. The summed E-state index contributed by atoms with van der Waals surface area (Å²) in [6.07, 6.45) is 9.72. The van der Waals surface area contributed by atoms with Crippen LogP contribution in [0.2, 0.25) is 0 Å². The molecular weight excluding hydrogens is 352 g/mol. The smallest absolute Gasteiger partial charge is 0.272 e. The van der Waals surface area contributed by atoms with Crippen molar-refractivity contribution < 1.29 is 4.79 Å². The minimum absolute atomic E-state index is 0.0784. The summed E-state index contributed by atoms with van der Waals surface area (Å²) in [6.45, 7) is 3.44. The Balaban J connectivity index is 1.33. The number of aryl methyl sites for hydroxylation is 1. The average Bonchev–Trinajstić information content (AvgIpc) is 3.50. The van der Waals surface area contributed by atoms with Crippen molar-refractivity contribution in [3.8, 4) is 0 Å². The standard InChI is InChI=1S/C21H24N6O/c1-15-20(26-11-3-2-4-19(26)24-15)21(28)25-12-8-17(9-13-25)27(16-5-6-16)18-7-10-22-14-23-18/h2-4,7,10-11,14,16-17H,5-6,8-9,12-13H2,1H3. The second-order valence-corrected chi connectivity index (χ2v) is 7.70. The van der Waals surface area contributed by atoms with E-state index in [1.807, 2.05) is 52.9 Å².